The first-order valence-corrected chi connectivity index (χ1v) is 22.2. The minimum Gasteiger partial charge on any atom is -0.497 e. The Morgan fingerprint density at radius 1 is 0.561 bits per heavy atom. The zero-order valence-corrected chi connectivity index (χ0v) is 37.5. The first kappa shape index (κ1) is 44.4. The number of rotatable bonds is 17. The highest BCUT2D eigenvalue weighted by Gasteiger charge is 2.48. The summed E-state index contributed by atoms with van der Waals surface area (Å²) in [5, 5.41) is 18.4. The van der Waals surface area contributed by atoms with Crippen LogP contribution in [0.15, 0.2) is 162 Å². The highest BCUT2D eigenvalue weighted by molar-refractivity contribution is 6.30. The van der Waals surface area contributed by atoms with Gasteiger partial charge in [-0.3, -0.25) is 9.59 Å². The molecular weight excluding hydrogens is 825 g/mol. The summed E-state index contributed by atoms with van der Waals surface area (Å²) in [4.78, 5) is 46.5. The quantitative estimate of drug-likeness (QED) is 0.0710. The zero-order chi connectivity index (χ0) is 46.3. The predicted molar refractivity (Wildman–Crippen MR) is 260 cm³/mol. The van der Waals surface area contributed by atoms with Crippen LogP contribution in [0.2, 0.25) is 0 Å². The molecule has 0 aliphatic carbocycles. The second-order valence-corrected chi connectivity index (χ2v) is 16.1. The number of benzene rings is 6. The Hall–Kier alpha value is -8.16. The number of carbonyl (C=O) groups excluding carboxylic acids is 2. The minimum absolute atomic E-state index is 0.167. The Bertz CT molecular complexity index is 2840. The Labute approximate surface area is 385 Å². The molecule has 0 bridgehead atoms. The van der Waals surface area contributed by atoms with Gasteiger partial charge in [0.1, 0.15) is 23.1 Å². The van der Waals surface area contributed by atoms with Gasteiger partial charge in [0.05, 0.1) is 36.8 Å². The smallest absolute Gasteiger partial charge is 0.346 e. The van der Waals surface area contributed by atoms with Gasteiger partial charge in [0, 0.05) is 30.2 Å². The highest BCUT2D eigenvalue weighted by atomic mass is 16.5. The molecule has 2 amide bonds. The maximum absolute atomic E-state index is 14.7. The third kappa shape index (κ3) is 8.84. The number of anilines is 3. The van der Waals surface area contributed by atoms with Crippen molar-refractivity contribution >= 4 is 52.3 Å². The number of amides is 2. The van der Waals surface area contributed by atoms with Crippen LogP contribution in [0.5, 0.6) is 11.5 Å². The van der Waals surface area contributed by atoms with Crippen molar-refractivity contribution in [2.75, 3.05) is 32.2 Å². The molecule has 0 saturated carbocycles. The van der Waals surface area contributed by atoms with E-state index in [4.69, 9.17) is 14.7 Å². The normalized spacial score (nSPS) is 13.6. The fourth-order valence-corrected chi connectivity index (χ4v) is 8.49. The van der Waals surface area contributed by atoms with E-state index >= 15 is 0 Å². The van der Waals surface area contributed by atoms with E-state index in [-0.39, 0.29) is 17.4 Å². The Balaban J connectivity index is 1.13. The van der Waals surface area contributed by atoms with Gasteiger partial charge in [0.2, 0.25) is 0 Å². The van der Waals surface area contributed by atoms with E-state index in [1.54, 1.807) is 42.2 Å². The van der Waals surface area contributed by atoms with Gasteiger partial charge in [-0.15, -0.1) is 0 Å². The average Bonchev–Trinajstić information content (AvgIpc) is 3.81. The molecule has 0 aromatic heterocycles. The fourth-order valence-electron chi connectivity index (χ4n) is 8.49. The van der Waals surface area contributed by atoms with Crippen LogP contribution in [-0.2, 0) is 14.4 Å². The topological polar surface area (TPSA) is 123 Å². The Kier molecular flexibility index (Phi) is 13.3. The van der Waals surface area contributed by atoms with E-state index in [0.29, 0.717) is 41.2 Å². The van der Waals surface area contributed by atoms with Crippen molar-refractivity contribution in [3.63, 3.8) is 0 Å². The lowest BCUT2D eigenvalue weighted by atomic mass is 9.98. The van der Waals surface area contributed by atoms with Crippen molar-refractivity contribution in [2.45, 2.75) is 39.5 Å². The van der Waals surface area contributed by atoms with E-state index in [9.17, 15) is 19.5 Å². The maximum atomic E-state index is 14.7. The Morgan fingerprint density at radius 3 is 1.23 bits per heavy atom. The molecule has 1 N–H and O–H groups in total. The molecule has 2 heterocycles. The molecule has 0 saturated heterocycles. The third-order valence-corrected chi connectivity index (χ3v) is 12.0. The standard InChI is InChI=1S/C56H50N4O6/c1-5-7-33-58-52(42-17-13-39(14-18-42)38-11-9-37(10-12-38)35-44(36-57)56(63)64)50-51(55(58)62)53(59(54(50)61)34-8-6-2)43-19-15-40(16-20-43)41-21-23-45(24-22-41)60(46-25-29-48(65-3)30-26-46)47-27-31-49(66-4)32-28-47/h9-32,35H,5-8,33-34H2,1-4H3,(H,63,64)/b44-35-. The first-order valence-electron chi connectivity index (χ1n) is 22.2. The number of ether oxygens (including phenoxy) is 2. The lowest BCUT2D eigenvalue weighted by Crippen LogP contribution is -2.31. The van der Waals surface area contributed by atoms with Crippen molar-refractivity contribution in [1.29, 1.82) is 5.26 Å². The molecule has 6 aromatic rings. The summed E-state index contributed by atoms with van der Waals surface area (Å²) >= 11 is 0. The van der Waals surface area contributed by atoms with Gasteiger partial charge in [-0.05, 0) is 119 Å². The number of carbonyl (C=O) groups is 3. The van der Waals surface area contributed by atoms with E-state index in [1.807, 2.05) is 97.1 Å². The number of hydrogen-bond donors (Lipinski definition) is 1. The van der Waals surface area contributed by atoms with Crippen molar-refractivity contribution in [2.24, 2.45) is 0 Å². The maximum Gasteiger partial charge on any atom is 0.346 e. The van der Waals surface area contributed by atoms with Crippen LogP contribution in [0.4, 0.5) is 17.1 Å². The molecular formula is C56H50N4O6. The largest absolute Gasteiger partial charge is 0.497 e. The van der Waals surface area contributed by atoms with Crippen LogP contribution in [0.1, 0.15) is 56.2 Å². The third-order valence-electron chi connectivity index (χ3n) is 12.0. The minimum atomic E-state index is -1.28. The number of carboxylic acids is 1. The lowest BCUT2D eigenvalue weighted by Gasteiger charge is -2.26. The summed E-state index contributed by atoms with van der Waals surface area (Å²) < 4.78 is 10.9. The van der Waals surface area contributed by atoms with Gasteiger partial charge >= 0.3 is 5.97 Å². The van der Waals surface area contributed by atoms with Crippen molar-refractivity contribution in [3.8, 4) is 39.8 Å². The van der Waals surface area contributed by atoms with Gasteiger partial charge in [-0.2, -0.15) is 5.26 Å². The van der Waals surface area contributed by atoms with Gasteiger partial charge in [0.25, 0.3) is 11.8 Å². The molecule has 8 rings (SSSR count). The number of fused-ring (bicyclic) bond motifs is 1. The van der Waals surface area contributed by atoms with Crippen LogP contribution in [0.25, 0.3) is 39.7 Å². The highest BCUT2D eigenvalue weighted by Crippen LogP contribution is 2.47. The summed E-state index contributed by atoms with van der Waals surface area (Å²) in [6.07, 6.45) is 4.66. The fraction of sp³-hybridized carbons (Fsp3) is 0.179. The summed E-state index contributed by atoms with van der Waals surface area (Å²) in [6.45, 7) is 5.15. The van der Waals surface area contributed by atoms with Gasteiger partial charge in [-0.25, -0.2) is 4.79 Å². The van der Waals surface area contributed by atoms with Crippen LogP contribution < -0.4 is 14.4 Å². The molecule has 0 unspecified atom stereocenters. The van der Waals surface area contributed by atoms with Gasteiger partial charge in [-0.1, -0.05) is 112 Å². The number of methoxy groups -OCH3 is 2. The van der Waals surface area contributed by atoms with Crippen LogP contribution in [0.3, 0.4) is 0 Å². The van der Waals surface area contributed by atoms with E-state index in [2.05, 4.69) is 55.1 Å². The van der Waals surface area contributed by atoms with Gasteiger partial charge < -0.3 is 29.3 Å². The predicted octanol–water partition coefficient (Wildman–Crippen LogP) is 11.9. The van der Waals surface area contributed by atoms with Crippen molar-refractivity contribution < 1.29 is 29.0 Å². The second kappa shape index (κ2) is 19.7. The number of hydrogen-bond acceptors (Lipinski definition) is 7. The second-order valence-electron chi connectivity index (χ2n) is 16.1. The lowest BCUT2D eigenvalue weighted by molar-refractivity contribution is -0.132. The SMILES string of the molecule is CCCCN1C(=O)C2=C(c3ccc(-c4ccc(N(c5ccc(OC)cc5)c5ccc(OC)cc5)cc4)cc3)N(CCCC)C(=O)C2=C1c1ccc(-c2ccc(/C=C(/C#N)C(=O)O)cc2)cc1. The summed E-state index contributed by atoms with van der Waals surface area (Å²) in [5.41, 5.74) is 10.7. The van der Waals surface area contributed by atoms with E-state index in [1.165, 1.54) is 6.08 Å². The monoisotopic (exact) mass is 874 g/mol. The molecule has 0 radical (unpaired) electrons. The van der Waals surface area contributed by atoms with E-state index < -0.39 is 5.97 Å². The molecule has 2 aliphatic rings. The van der Waals surface area contributed by atoms with Crippen LogP contribution in [0, 0.1) is 11.3 Å². The van der Waals surface area contributed by atoms with Crippen LogP contribution >= 0.6 is 0 Å². The molecule has 6 aromatic carbocycles. The first-order chi connectivity index (χ1) is 32.2. The van der Waals surface area contributed by atoms with E-state index in [0.717, 1.165) is 87.6 Å². The molecule has 2 aliphatic heterocycles. The molecule has 10 heteroatoms. The molecule has 0 atom stereocenters. The number of aliphatic carboxylic acids is 1. The Morgan fingerprint density at radius 2 is 0.894 bits per heavy atom. The number of nitriles is 1. The van der Waals surface area contributed by atoms with Crippen LogP contribution in [-0.4, -0.2) is 60.0 Å². The van der Waals surface area contributed by atoms with Crippen molar-refractivity contribution in [3.05, 3.63) is 179 Å². The molecule has 330 valence electrons. The van der Waals surface area contributed by atoms with Gasteiger partial charge in [0.15, 0.2) is 0 Å². The summed E-state index contributed by atoms with van der Waals surface area (Å²) in [6, 6.07) is 49.3. The number of carboxylic acid groups (broad SMARTS) is 1. The summed E-state index contributed by atoms with van der Waals surface area (Å²) in [5.74, 6) is -0.0589. The molecule has 0 spiro atoms. The van der Waals surface area contributed by atoms with Crippen molar-refractivity contribution in [1.82, 2.24) is 9.80 Å². The average molecular weight is 875 g/mol. The molecule has 66 heavy (non-hydrogen) atoms. The zero-order valence-electron chi connectivity index (χ0n) is 37.5. The number of nitrogens with zero attached hydrogens (tertiary/aromatic N) is 4. The molecule has 10 nitrogen and oxygen atoms in total. The number of unbranched alkanes of at least 4 members (excludes halogenated alkanes) is 2. The summed E-state index contributed by atoms with van der Waals surface area (Å²) in [7, 11) is 3.31. The molecule has 0 fully saturated rings.